The van der Waals surface area contributed by atoms with Crippen LogP contribution in [-0.4, -0.2) is 0 Å². The molecular weight excluding hydrogens is 216 g/mol. The summed E-state index contributed by atoms with van der Waals surface area (Å²) in [6.45, 7) is 10.6. The van der Waals surface area contributed by atoms with Crippen LogP contribution in [0.1, 0.15) is 41.5 Å². The predicted molar refractivity (Wildman–Crippen MR) is 80.7 cm³/mol. The summed E-state index contributed by atoms with van der Waals surface area (Å²) >= 11 is 0. The fourth-order valence-corrected chi connectivity index (χ4v) is 0.375. The first kappa shape index (κ1) is 20.7. The zero-order valence-electron chi connectivity index (χ0n) is 12.0. The van der Waals surface area contributed by atoms with Crippen LogP contribution in [0.15, 0.2) is 0 Å². The van der Waals surface area contributed by atoms with Crippen LogP contribution in [0.5, 0.6) is 0 Å². The van der Waals surface area contributed by atoms with Crippen LogP contribution in [0.2, 0.25) is 0 Å². The summed E-state index contributed by atoms with van der Waals surface area (Å²) in [5.41, 5.74) is 0. The molecule has 0 amide bonds. The molecule has 90 valence electrons. The molecule has 0 N–H and O–H groups in total. The molecule has 0 spiro atoms. The molecule has 0 saturated heterocycles. The summed E-state index contributed by atoms with van der Waals surface area (Å²) in [5, 5.41) is 0. The Labute approximate surface area is 113 Å². The molecule has 0 aromatic rings. The smallest absolute Gasteiger partial charge is 0.00168 e. The molecule has 0 unspecified atom stereocenters. The maximum absolute atomic E-state index is 2.64. The number of hydrogen-bond donors (Lipinski definition) is 0. The Bertz CT molecular complexity index is 396. The normalized spacial score (nSPS) is 3.67. The molecule has 0 aromatic heterocycles. The van der Waals surface area contributed by atoms with Crippen molar-refractivity contribution >= 4 is 0 Å². The third-order valence-corrected chi connectivity index (χ3v) is 0.938. The second-order valence-corrected chi connectivity index (χ2v) is 2.25. The molecule has 0 nitrogen and oxygen atoms in total. The molecule has 0 bridgehead atoms. The average Bonchev–Trinajstić information content (AvgIpc) is 2.42. The van der Waals surface area contributed by atoms with E-state index >= 15 is 0 Å². The lowest BCUT2D eigenvalue weighted by Crippen LogP contribution is -1.42. The Morgan fingerprint density at radius 2 is 0.389 bits per heavy atom. The van der Waals surface area contributed by atoms with Crippen LogP contribution in [0, 0.1) is 71.0 Å². The van der Waals surface area contributed by atoms with Gasteiger partial charge in [0.2, 0.25) is 0 Å². The Morgan fingerprint density at radius 1 is 0.278 bits per heavy atom. The topological polar surface area (TPSA) is 0 Å². The predicted octanol–water partition coefficient (Wildman–Crippen LogP) is 3.10. The van der Waals surface area contributed by atoms with Gasteiger partial charge in [-0.25, -0.2) is 0 Å². The highest BCUT2D eigenvalue weighted by molar-refractivity contribution is 5.24. The van der Waals surface area contributed by atoms with E-state index in [0.717, 1.165) is 0 Å². The SMILES string of the molecule is CC#CC#CC.CC#CC#CC.CC#CC#CC. The molecule has 0 atom stereocenters. The van der Waals surface area contributed by atoms with E-state index in [9.17, 15) is 0 Å². The van der Waals surface area contributed by atoms with Gasteiger partial charge in [-0.15, -0.1) is 0 Å². The molecule has 0 aliphatic heterocycles. The molecule has 0 aliphatic carbocycles. The number of hydrogen-bond acceptors (Lipinski definition) is 0. The van der Waals surface area contributed by atoms with Crippen molar-refractivity contribution in [3.05, 3.63) is 0 Å². The zero-order chi connectivity index (χ0) is 14.5. The van der Waals surface area contributed by atoms with Gasteiger partial charge in [0.05, 0.1) is 0 Å². The van der Waals surface area contributed by atoms with Crippen LogP contribution >= 0.6 is 0 Å². The second kappa shape index (κ2) is 29.3. The fourth-order valence-electron chi connectivity index (χ4n) is 0.375. The summed E-state index contributed by atoms with van der Waals surface area (Å²) in [6.07, 6.45) is 0. The lowest BCUT2D eigenvalue weighted by Gasteiger charge is -1.48. The molecule has 0 aliphatic rings. The van der Waals surface area contributed by atoms with E-state index in [2.05, 4.69) is 71.0 Å². The first-order chi connectivity index (χ1) is 8.74. The van der Waals surface area contributed by atoms with E-state index in [1.165, 1.54) is 0 Å². The maximum Gasteiger partial charge on any atom is -0.00168 e. The van der Waals surface area contributed by atoms with Crippen LogP contribution in [0.25, 0.3) is 0 Å². The molecule has 0 saturated carbocycles. The van der Waals surface area contributed by atoms with Gasteiger partial charge in [0.1, 0.15) is 0 Å². The van der Waals surface area contributed by atoms with Crippen molar-refractivity contribution in [1.82, 2.24) is 0 Å². The first-order valence-corrected chi connectivity index (χ1v) is 5.25. The van der Waals surface area contributed by atoms with Crippen molar-refractivity contribution in [3.8, 4) is 71.0 Å². The van der Waals surface area contributed by atoms with E-state index in [0.29, 0.717) is 0 Å². The quantitative estimate of drug-likeness (QED) is 0.565. The van der Waals surface area contributed by atoms with E-state index in [-0.39, 0.29) is 0 Å². The Balaban J connectivity index is -0.000000187. The lowest BCUT2D eigenvalue weighted by atomic mass is 10.6. The summed E-state index contributed by atoms with van der Waals surface area (Å²) < 4.78 is 0. The average molecular weight is 234 g/mol. The molecule has 0 fully saturated rings. The molecule has 0 radical (unpaired) electrons. The third kappa shape index (κ3) is 50.5. The van der Waals surface area contributed by atoms with Gasteiger partial charge in [0.25, 0.3) is 0 Å². The molecule has 0 heteroatoms. The molecular formula is C18H18. The minimum Gasteiger partial charge on any atom is -0.0925 e. The summed E-state index contributed by atoms with van der Waals surface area (Å²) in [6, 6.07) is 0. The largest absolute Gasteiger partial charge is 0.0925 e. The lowest BCUT2D eigenvalue weighted by molar-refractivity contribution is 1.90. The van der Waals surface area contributed by atoms with Gasteiger partial charge in [-0.3, -0.25) is 0 Å². The second-order valence-electron chi connectivity index (χ2n) is 2.25. The Hall–Kier alpha value is -2.64. The van der Waals surface area contributed by atoms with Crippen molar-refractivity contribution in [3.63, 3.8) is 0 Å². The van der Waals surface area contributed by atoms with Crippen molar-refractivity contribution in [1.29, 1.82) is 0 Å². The van der Waals surface area contributed by atoms with Crippen LogP contribution in [0.3, 0.4) is 0 Å². The van der Waals surface area contributed by atoms with Crippen molar-refractivity contribution in [2.24, 2.45) is 0 Å². The van der Waals surface area contributed by atoms with Gasteiger partial charge in [0, 0.05) is 0 Å². The third-order valence-electron chi connectivity index (χ3n) is 0.938. The van der Waals surface area contributed by atoms with Gasteiger partial charge in [-0.2, -0.15) is 0 Å². The Morgan fingerprint density at radius 3 is 0.444 bits per heavy atom. The molecule has 18 heavy (non-hydrogen) atoms. The van der Waals surface area contributed by atoms with E-state index in [1.807, 2.05) is 0 Å². The first-order valence-electron chi connectivity index (χ1n) is 5.25. The van der Waals surface area contributed by atoms with E-state index in [4.69, 9.17) is 0 Å². The van der Waals surface area contributed by atoms with Gasteiger partial charge in [-0.05, 0) is 77.1 Å². The highest BCUT2D eigenvalue weighted by atomic mass is 13.5. The number of rotatable bonds is 0. The van der Waals surface area contributed by atoms with E-state index in [1.54, 1.807) is 41.5 Å². The minimum atomic E-state index is 1.77. The van der Waals surface area contributed by atoms with Crippen LogP contribution < -0.4 is 0 Å². The highest BCUT2D eigenvalue weighted by Crippen LogP contribution is 1.48. The van der Waals surface area contributed by atoms with Crippen LogP contribution in [0.4, 0.5) is 0 Å². The van der Waals surface area contributed by atoms with Crippen molar-refractivity contribution in [2.45, 2.75) is 41.5 Å². The molecule has 0 aromatic carbocycles. The standard InChI is InChI=1S/3C6H6/c3*1-3-5-6-4-2/h3*1-2H3. The summed E-state index contributed by atoms with van der Waals surface area (Å²) in [4.78, 5) is 0. The Kier molecular flexibility index (Phi) is 33.7. The molecule has 0 heterocycles. The highest BCUT2D eigenvalue weighted by Gasteiger charge is 1.42. The monoisotopic (exact) mass is 234 g/mol. The van der Waals surface area contributed by atoms with Crippen LogP contribution in [-0.2, 0) is 0 Å². The van der Waals surface area contributed by atoms with Gasteiger partial charge in [-0.1, -0.05) is 35.5 Å². The summed E-state index contributed by atoms with van der Waals surface area (Å²) in [7, 11) is 0. The maximum atomic E-state index is 2.64. The van der Waals surface area contributed by atoms with Gasteiger partial charge < -0.3 is 0 Å². The van der Waals surface area contributed by atoms with Crippen molar-refractivity contribution in [2.75, 3.05) is 0 Å². The minimum absolute atomic E-state index is 1.77. The van der Waals surface area contributed by atoms with E-state index < -0.39 is 0 Å². The van der Waals surface area contributed by atoms with Gasteiger partial charge >= 0.3 is 0 Å². The van der Waals surface area contributed by atoms with Gasteiger partial charge in [0.15, 0.2) is 0 Å². The molecule has 0 rings (SSSR count). The summed E-state index contributed by atoms with van der Waals surface area (Å²) in [5.74, 6) is 31.4. The zero-order valence-corrected chi connectivity index (χ0v) is 12.0. The fraction of sp³-hybridized carbons (Fsp3) is 0.333. The van der Waals surface area contributed by atoms with Crippen molar-refractivity contribution < 1.29 is 0 Å².